The number of ether oxygens (including phenoxy) is 1. The van der Waals surface area contributed by atoms with Crippen LogP contribution in [0.4, 0.5) is 5.00 Å². The summed E-state index contributed by atoms with van der Waals surface area (Å²) in [4.78, 5) is 26.3. The molecule has 7 heteroatoms. The Balaban J connectivity index is 1.85. The van der Waals surface area contributed by atoms with Gasteiger partial charge in [-0.1, -0.05) is 6.92 Å². The van der Waals surface area contributed by atoms with E-state index < -0.39 is 0 Å². The molecular weight excluding hydrogens is 364 g/mol. The number of hydrogen-bond acceptors (Lipinski definition) is 5. The van der Waals surface area contributed by atoms with Crippen molar-refractivity contribution in [1.82, 2.24) is 0 Å². The number of aromatic hydroxyl groups is 1. The summed E-state index contributed by atoms with van der Waals surface area (Å²) in [5, 5.41) is 13.0. The third kappa shape index (κ3) is 4.66. The van der Waals surface area contributed by atoms with E-state index >= 15 is 0 Å². The van der Waals surface area contributed by atoms with E-state index in [-0.39, 0.29) is 30.3 Å². The molecule has 2 heterocycles. The van der Waals surface area contributed by atoms with Crippen LogP contribution >= 0.6 is 11.3 Å². The Bertz CT molecular complexity index is 860. The number of thiophene rings is 1. The molecule has 6 nitrogen and oxygen atoms in total. The van der Waals surface area contributed by atoms with Crippen molar-refractivity contribution in [3.05, 3.63) is 40.5 Å². The number of anilines is 1. The number of rotatable bonds is 5. The average Bonchev–Trinajstić information content (AvgIpc) is 2.90. The number of pyridine rings is 1. The maximum Gasteiger partial charge on any atom is 0.341 e. The van der Waals surface area contributed by atoms with Gasteiger partial charge in [-0.05, 0) is 50.7 Å². The van der Waals surface area contributed by atoms with E-state index in [4.69, 9.17) is 4.74 Å². The fraction of sp³-hybridized carbons (Fsp3) is 0.450. The first kappa shape index (κ1) is 19.4. The van der Waals surface area contributed by atoms with Crippen LogP contribution in [-0.2, 0) is 28.9 Å². The molecule has 1 atom stereocenters. The van der Waals surface area contributed by atoms with Gasteiger partial charge >= 0.3 is 5.97 Å². The van der Waals surface area contributed by atoms with Gasteiger partial charge in [-0.25, -0.2) is 4.79 Å². The molecule has 0 aliphatic heterocycles. The number of fused-ring (bicyclic) bond motifs is 1. The largest absolute Gasteiger partial charge is 0.503 e. The van der Waals surface area contributed by atoms with E-state index in [9.17, 15) is 14.7 Å². The first-order valence-corrected chi connectivity index (χ1v) is 9.98. The van der Waals surface area contributed by atoms with Crippen LogP contribution in [0, 0.1) is 5.92 Å². The molecule has 2 aromatic rings. The molecule has 0 bridgehead atoms. The van der Waals surface area contributed by atoms with Crippen molar-refractivity contribution in [1.29, 1.82) is 0 Å². The zero-order valence-electron chi connectivity index (χ0n) is 15.8. The number of nitrogens with zero attached hydrogens (tertiary/aromatic N) is 1. The molecule has 2 N–H and O–H groups in total. The standard InChI is InChI=1S/C20H24N2O4S/c1-12(2)26-20(25)18-15-7-6-13(3)9-16(15)27-19(18)21-17(24)11-22-8-4-5-14(23)10-22/h4-5,8,10,12-13H,6-7,9,11H2,1-3H3,(H-,21,23,24,25)/p+1/t13-/m0/s1. The van der Waals surface area contributed by atoms with E-state index in [1.165, 1.54) is 17.5 Å². The fourth-order valence-corrected chi connectivity index (χ4v) is 4.68. The molecule has 1 aliphatic carbocycles. The summed E-state index contributed by atoms with van der Waals surface area (Å²) >= 11 is 1.47. The molecule has 144 valence electrons. The van der Waals surface area contributed by atoms with E-state index in [1.807, 2.05) is 13.8 Å². The number of hydrogen-bond donors (Lipinski definition) is 2. The highest BCUT2D eigenvalue weighted by molar-refractivity contribution is 7.17. The van der Waals surface area contributed by atoms with Gasteiger partial charge in [0.05, 0.1) is 11.7 Å². The van der Waals surface area contributed by atoms with Gasteiger partial charge in [0.2, 0.25) is 12.7 Å². The highest BCUT2D eigenvalue weighted by Gasteiger charge is 2.30. The predicted molar refractivity (Wildman–Crippen MR) is 103 cm³/mol. The molecule has 0 radical (unpaired) electrons. The molecule has 3 rings (SSSR count). The van der Waals surface area contributed by atoms with Crippen LogP contribution in [0.5, 0.6) is 5.75 Å². The summed E-state index contributed by atoms with van der Waals surface area (Å²) in [5.41, 5.74) is 1.52. The minimum atomic E-state index is -0.377. The molecule has 0 saturated carbocycles. The van der Waals surface area contributed by atoms with Gasteiger partial charge in [0.25, 0.3) is 5.91 Å². The van der Waals surface area contributed by atoms with Crippen molar-refractivity contribution in [3.8, 4) is 5.75 Å². The van der Waals surface area contributed by atoms with Gasteiger partial charge in [-0.15, -0.1) is 11.3 Å². The second-order valence-corrected chi connectivity index (χ2v) is 8.40. The number of esters is 1. The van der Waals surface area contributed by atoms with Crippen molar-refractivity contribution in [2.24, 2.45) is 5.92 Å². The minimum absolute atomic E-state index is 0.0477. The molecule has 1 amide bonds. The second kappa shape index (κ2) is 8.08. The van der Waals surface area contributed by atoms with Crippen molar-refractivity contribution >= 4 is 28.2 Å². The van der Waals surface area contributed by atoms with Gasteiger partial charge in [-0.3, -0.25) is 4.79 Å². The summed E-state index contributed by atoms with van der Waals surface area (Å²) in [5.74, 6) is 0.0248. The van der Waals surface area contributed by atoms with Crippen molar-refractivity contribution in [2.75, 3.05) is 5.32 Å². The highest BCUT2D eigenvalue weighted by Crippen LogP contribution is 2.40. The lowest BCUT2D eigenvalue weighted by Crippen LogP contribution is -2.39. The highest BCUT2D eigenvalue weighted by atomic mass is 32.1. The first-order valence-electron chi connectivity index (χ1n) is 9.17. The molecule has 0 fully saturated rings. The van der Waals surface area contributed by atoms with E-state index in [0.29, 0.717) is 16.5 Å². The fourth-order valence-electron chi connectivity index (χ4n) is 3.27. The van der Waals surface area contributed by atoms with Crippen molar-refractivity contribution in [2.45, 2.75) is 52.7 Å². The zero-order valence-corrected chi connectivity index (χ0v) is 16.6. The number of amides is 1. The second-order valence-electron chi connectivity index (χ2n) is 7.29. The maximum atomic E-state index is 12.7. The molecule has 0 spiro atoms. The Morgan fingerprint density at radius 1 is 1.44 bits per heavy atom. The lowest BCUT2D eigenvalue weighted by molar-refractivity contribution is -0.684. The molecular formula is C20H25N2O4S+. The van der Waals surface area contributed by atoms with Crippen LogP contribution in [-0.4, -0.2) is 23.1 Å². The Hall–Kier alpha value is -2.41. The van der Waals surface area contributed by atoms with Gasteiger partial charge in [0.1, 0.15) is 5.00 Å². The van der Waals surface area contributed by atoms with Crippen LogP contribution in [0.15, 0.2) is 24.5 Å². The van der Waals surface area contributed by atoms with Crippen LogP contribution in [0.25, 0.3) is 0 Å². The predicted octanol–water partition coefficient (Wildman–Crippen LogP) is 3.07. The van der Waals surface area contributed by atoms with Gasteiger partial charge in [0.15, 0.2) is 11.9 Å². The van der Waals surface area contributed by atoms with Crippen LogP contribution < -0.4 is 9.88 Å². The van der Waals surface area contributed by atoms with Crippen molar-refractivity contribution < 1.29 is 24.0 Å². The molecule has 2 aromatic heterocycles. The van der Waals surface area contributed by atoms with Crippen molar-refractivity contribution in [3.63, 3.8) is 0 Å². The Kier molecular flexibility index (Phi) is 5.79. The molecule has 27 heavy (non-hydrogen) atoms. The zero-order chi connectivity index (χ0) is 19.6. The summed E-state index contributed by atoms with van der Waals surface area (Å²) in [6, 6.07) is 3.21. The average molecular weight is 389 g/mol. The molecule has 0 unspecified atom stereocenters. The van der Waals surface area contributed by atoms with E-state index in [0.717, 1.165) is 29.7 Å². The Labute approximate surface area is 162 Å². The molecule has 0 saturated heterocycles. The third-order valence-corrected chi connectivity index (χ3v) is 5.65. The quantitative estimate of drug-likeness (QED) is 0.608. The Morgan fingerprint density at radius 2 is 2.22 bits per heavy atom. The van der Waals surface area contributed by atoms with Crippen LogP contribution in [0.3, 0.4) is 0 Å². The summed E-state index contributed by atoms with van der Waals surface area (Å²) in [6.45, 7) is 5.88. The Morgan fingerprint density at radius 3 is 2.93 bits per heavy atom. The molecule has 1 aliphatic rings. The molecule has 0 aromatic carbocycles. The normalized spacial score (nSPS) is 16.1. The van der Waals surface area contributed by atoms with Gasteiger partial charge in [0, 0.05) is 10.9 Å². The third-order valence-electron chi connectivity index (χ3n) is 4.48. The lowest BCUT2D eigenvalue weighted by atomic mass is 9.88. The maximum absolute atomic E-state index is 12.7. The number of carbonyl (C=O) groups excluding carboxylic acids is 2. The smallest absolute Gasteiger partial charge is 0.341 e. The van der Waals surface area contributed by atoms with Crippen LogP contribution in [0.1, 0.15) is 48.0 Å². The van der Waals surface area contributed by atoms with E-state index in [1.54, 1.807) is 22.9 Å². The van der Waals surface area contributed by atoms with Gasteiger partial charge < -0.3 is 15.2 Å². The number of aromatic nitrogens is 1. The monoisotopic (exact) mass is 389 g/mol. The first-order chi connectivity index (χ1) is 12.8. The summed E-state index contributed by atoms with van der Waals surface area (Å²) < 4.78 is 7.01. The minimum Gasteiger partial charge on any atom is -0.503 e. The SMILES string of the molecule is CC(C)OC(=O)c1c(NC(=O)C[n+]2cccc(O)c2)sc2c1CC[C@H](C)C2. The number of nitrogens with one attached hydrogen (secondary N) is 1. The summed E-state index contributed by atoms with van der Waals surface area (Å²) in [7, 11) is 0. The number of carbonyl (C=O) groups is 2. The summed E-state index contributed by atoms with van der Waals surface area (Å²) in [6.07, 6.45) is 5.73. The van der Waals surface area contributed by atoms with E-state index in [2.05, 4.69) is 12.2 Å². The van der Waals surface area contributed by atoms with Gasteiger partial charge in [-0.2, -0.15) is 4.57 Å². The topological polar surface area (TPSA) is 79.5 Å². The lowest BCUT2D eigenvalue weighted by Gasteiger charge is -2.18. The van der Waals surface area contributed by atoms with Crippen LogP contribution in [0.2, 0.25) is 0 Å².